The Balaban J connectivity index is 2.03. The highest BCUT2D eigenvalue weighted by Crippen LogP contribution is 2.14. The van der Waals surface area contributed by atoms with Gasteiger partial charge in [-0.2, -0.15) is 0 Å². The van der Waals surface area contributed by atoms with Crippen LogP contribution in [0.4, 0.5) is 9.80 Å². The third kappa shape index (κ3) is 5.72. The number of hydrogen-bond acceptors (Lipinski definition) is 3. The Kier molecular flexibility index (Phi) is 5.88. The van der Waals surface area contributed by atoms with E-state index in [4.69, 9.17) is 4.74 Å². The molecule has 0 spiro atoms. The van der Waals surface area contributed by atoms with Crippen LogP contribution in [0.25, 0.3) is 0 Å². The first kappa shape index (κ1) is 13.0. The van der Waals surface area contributed by atoms with Crippen molar-refractivity contribution < 1.29 is 9.53 Å². The molecular weight excluding hydrogens is 224 g/mol. The van der Waals surface area contributed by atoms with Gasteiger partial charge in [0, 0.05) is 13.2 Å². The zero-order valence-electron chi connectivity index (χ0n) is 9.66. The number of carbonyl (C=O) groups is 1. The second-order valence-electron chi connectivity index (χ2n) is 3.63. The highest BCUT2D eigenvalue weighted by molar-refractivity contribution is 7.14. The van der Waals surface area contributed by atoms with Gasteiger partial charge in [0.1, 0.15) is 0 Å². The van der Waals surface area contributed by atoms with Gasteiger partial charge in [-0.15, -0.1) is 11.3 Å². The van der Waals surface area contributed by atoms with Crippen molar-refractivity contribution in [2.24, 2.45) is 0 Å². The zero-order chi connectivity index (χ0) is 11.8. The summed E-state index contributed by atoms with van der Waals surface area (Å²) in [6.45, 7) is 5.30. The highest BCUT2D eigenvalue weighted by atomic mass is 32.1. The van der Waals surface area contributed by atoms with Crippen LogP contribution in [-0.2, 0) is 4.74 Å². The van der Waals surface area contributed by atoms with Crippen molar-refractivity contribution in [1.29, 1.82) is 0 Å². The molecule has 4 nitrogen and oxygen atoms in total. The standard InChI is InChI=1S/C11H18N2O2S/c1-9(2)15-7-4-6-12-11(14)13-10-5-3-8-16-10/h3,5,8-9H,4,6-7H2,1-2H3,(H2,12,13,14). The van der Waals surface area contributed by atoms with Crippen molar-refractivity contribution in [3.8, 4) is 0 Å². The van der Waals surface area contributed by atoms with Crippen LogP contribution in [0.1, 0.15) is 20.3 Å². The summed E-state index contributed by atoms with van der Waals surface area (Å²) >= 11 is 1.50. The number of thiophene rings is 1. The van der Waals surface area contributed by atoms with E-state index in [-0.39, 0.29) is 12.1 Å². The minimum Gasteiger partial charge on any atom is -0.379 e. The number of carbonyl (C=O) groups excluding carboxylic acids is 1. The summed E-state index contributed by atoms with van der Waals surface area (Å²) in [7, 11) is 0. The topological polar surface area (TPSA) is 50.4 Å². The van der Waals surface area contributed by atoms with Crippen LogP contribution in [0.5, 0.6) is 0 Å². The second-order valence-corrected chi connectivity index (χ2v) is 4.58. The van der Waals surface area contributed by atoms with E-state index in [1.165, 1.54) is 11.3 Å². The van der Waals surface area contributed by atoms with Crippen LogP contribution in [0.2, 0.25) is 0 Å². The lowest BCUT2D eigenvalue weighted by atomic mass is 10.4. The number of nitrogens with one attached hydrogen (secondary N) is 2. The lowest BCUT2D eigenvalue weighted by Crippen LogP contribution is -2.29. The molecule has 0 saturated carbocycles. The van der Waals surface area contributed by atoms with Crippen LogP contribution >= 0.6 is 11.3 Å². The van der Waals surface area contributed by atoms with Crippen molar-refractivity contribution in [2.45, 2.75) is 26.4 Å². The first-order chi connectivity index (χ1) is 7.68. The molecule has 0 unspecified atom stereocenters. The SMILES string of the molecule is CC(C)OCCCNC(=O)Nc1cccs1. The molecular formula is C11H18N2O2S. The Morgan fingerprint density at radius 1 is 1.56 bits per heavy atom. The van der Waals surface area contributed by atoms with E-state index in [0.29, 0.717) is 13.2 Å². The average Bonchev–Trinajstić information content (AvgIpc) is 2.69. The second kappa shape index (κ2) is 7.24. The molecule has 2 N–H and O–H groups in total. The minimum absolute atomic E-state index is 0.160. The Morgan fingerprint density at radius 3 is 3.00 bits per heavy atom. The van der Waals surface area contributed by atoms with Gasteiger partial charge in [-0.05, 0) is 37.8 Å². The Bertz CT molecular complexity index is 299. The maximum atomic E-state index is 11.4. The summed E-state index contributed by atoms with van der Waals surface area (Å²) in [5, 5.41) is 8.30. The first-order valence-corrected chi connectivity index (χ1v) is 6.26. The van der Waals surface area contributed by atoms with E-state index < -0.39 is 0 Å². The summed E-state index contributed by atoms with van der Waals surface area (Å²) in [6, 6.07) is 3.61. The molecule has 1 rings (SSSR count). The fraction of sp³-hybridized carbons (Fsp3) is 0.545. The van der Waals surface area contributed by atoms with Crippen LogP contribution in [0, 0.1) is 0 Å². The quantitative estimate of drug-likeness (QED) is 0.753. The Morgan fingerprint density at radius 2 is 2.38 bits per heavy atom. The van der Waals surface area contributed by atoms with Gasteiger partial charge in [-0.25, -0.2) is 4.79 Å². The molecule has 0 atom stereocenters. The monoisotopic (exact) mass is 242 g/mol. The van der Waals surface area contributed by atoms with Crippen LogP contribution in [-0.4, -0.2) is 25.3 Å². The molecule has 0 saturated heterocycles. The summed E-state index contributed by atoms with van der Waals surface area (Å²) in [5.74, 6) is 0. The van der Waals surface area contributed by atoms with Crippen molar-refractivity contribution >= 4 is 22.4 Å². The van der Waals surface area contributed by atoms with Gasteiger partial charge >= 0.3 is 6.03 Å². The van der Waals surface area contributed by atoms with E-state index in [0.717, 1.165) is 11.4 Å². The van der Waals surface area contributed by atoms with Crippen molar-refractivity contribution in [3.63, 3.8) is 0 Å². The molecule has 90 valence electrons. The third-order valence-corrected chi connectivity index (χ3v) is 2.60. The number of urea groups is 1. The number of anilines is 1. The number of amides is 2. The van der Waals surface area contributed by atoms with Crippen molar-refractivity contribution in [1.82, 2.24) is 5.32 Å². The molecule has 0 fully saturated rings. The van der Waals surface area contributed by atoms with Crippen LogP contribution in [0.15, 0.2) is 17.5 Å². The largest absolute Gasteiger partial charge is 0.379 e. The van der Waals surface area contributed by atoms with Crippen molar-refractivity contribution in [3.05, 3.63) is 17.5 Å². The normalized spacial score (nSPS) is 10.4. The summed E-state index contributed by atoms with van der Waals surface area (Å²) in [5.41, 5.74) is 0. The Hall–Kier alpha value is -1.07. The zero-order valence-corrected chi connectivity index (χ0v) is 10.5. The van der Waals surface area contributed by atoms with E-state index in [1.807, 2.05) is 31.4 Å². The average molecular weight is 242 g/mol. The Labute approximate surface area is 100 Å². The molecule has 0 aromatic carbocycles. The fourth-order valence-electron chi connectivity index (χ4n) is 1.10. The molecule has 16 heavy (non-hydrogen) atoms. The molecule has 0 bridgehead atoms. The predicted octanol–water partition coefficient (Wildman–Crippen LogP) is 2.68. The van der Waals surface area contributed by atoms with Gasteiger partial charge in [-0.3, -0.25) is 5.32 Å². The minimum atomic E-state index is -0.160. The summed E-state index contributed by atoms with van der Waals surface area (Å²) < 4.78 is 5.36. The molecule has 1 aromatic rings. The molecule has 0 aliphatic carbocycles. The van der Waals surface area contributed by atoms with E-state index in [9.17, 15) is 4.79 Å². The smallest absolute Gasteiger partial charge is 0.319 e. The van der Waals surface area contributed by atoms with Gasteiger partial charge in [-0.1, -0.05) is 0 Å². The van der Waals surface area contributed by atoms with Crippen molar-refractivity contribution in [2.75, 3.05) is 18.5 Å². The van der Waals surface area contributed by atoms with E-state index >= 15 is 0 Å². The molecule has 2 amide bonds. The molecule has 0 aliphatic heterocycles. The first-order valence-electron chi connectivity index (χ1n) is 5.38. The van der Waals surface area contributed by atoms with Gasteiger partial charge in [0.25, 0.3) is 0 Å². The lowest BCUT2D eigenvalue weighted by molar-refractivity contribution is 0.0775. The van der Waals surface area contributed by atoms with E-state index in [1.54, 1.807) is 0 Å². The maximum Gasteiger partial charge on any atom is 0.319 e. The molecule has 0 radical (unpaired) electrons. The van der Waals surface area contributed by atoms with Gasteiger partial charge in [0.05, 0.1) is 11.1 Å². The van der Waals surface area contributed by atoms with Crippen LogP contribution < -0.4 is 10.6 Å². The molecule has 1 aromatic heterocycles. The molecule has 5 heteroatoms. The van der Waals surface area contributed by atoms with E-state index in [2.05, 4.69) is 10.6 Å². The summed E-state index contributed by atoms with van der Waals surface area (Å²) in [4.78, 5) is 11.4. The number of ether oxygens (including phenoxy) is 1. The third-order valence-electron chi connectivity index (χ3n) is 1.82. The molecule has 1 heterocycles. The van der Waals surface area contributed by atoms with Crippen LogP contribution in [0.3, 0.4) is 0 Å². The number of hydrogen-bond donors (Lipinski definition) is 2. The highest BCUT2D eigenvalue weighted by Gasteiger charge is 2.01. The fourth-order valence-corrected chi connectivity index (χ4v) is 1.71. The maximum absolute atomic E-state index is 11.4. The lowest BCUT2D eigenvalue weighted by Gasteiger charge is -2.08. The predicted molar refractivity (Wildman–Crippen MR) is 67.0 cm³/mol. The van der Waals surface area contributed by atoms with Gasteiger partial charge in [0.15, 0.2) is 0 Å². The number of rotatable bonds is 6. The van der Waals surface area contributed by atoms with Gasteiger partial charge in [0.2, 0.25) is 0 Å². The molecule has 0 aliphatic rings. The summed E-state index contributed by atoms with van der Waals surface area (Å²) in [6.07, 6.45) is 1.08. The van der Waals surface area contributed by atoms with Gasteiger partial charge < -0.3 is 10.1 Å².